The zero-order valence-electron chi connectivity index (χ0n) is 16.8. The van der Waals surface area contributed by atoms with E-state index in [4.69, 9.17) is 9.47 Å². The smallest absolute Gasteiger partial charge is 0.425 e. The largest absolute Gasteiger partial charge is 0.464 e. The number of hydrogen-bond acceptors (Lipinski definition) is 6. The van der Waals surface area contributed by atoms with E-state index >= 15 is 0 Å². The Morgan fingerprint density at radius 3 is 2.29 bits per heavy atom. The molecule has 0 bridgehead atoms. The van der Waals surface area contributed by atoms with Crippen molar-refractivity contribution < 1.29 is 29.0 Å². The fourth-order valence-electron chi connectivity index (χ4n) is 1.81. The lowest BCUT2D eigenvalue weighted by Crippen LogP contribution is -2.41. The topological polar surface area (TPSA) is 118 Å². The first-order valence-electron chi connectivity index (χ1n) is 8.47. The molecule has 0 fully saturated rings. The van der Waals surface area contributed by atoms with E-state index < -0.39 is 29.5 Å². The van der Waals surface area contributed by atoms with Crippen LogP contribution in [-0.2, 0) is 9.47 Å². The molecule has 0 radical (unpaired) electrons. The molecule has 0 aromatic carbocycles. The molecule has 2 N–H and O–H groups in total. The van der Waals surface area contributed by atoms with Crippen LogP contribution >= 0.6 is 0 Å². The lowest BCUT2D eigenvalue weighted by molar-refractivity contribution is 0.0532. The Kier molecular flexibility index (Phi) is 7.38. The van der Waals surface area contributed by atoms with Crippen LogP contribution in [0.2, 0.25) is 0 Å². The first kappa shape index (κ1) is 22.8. The van der Waals surface area contributed by atoms with E-state index in [2.05, 4.69) is 22.1 Å². The summed E-state index contributed by atoms with van der Waals surface area (Å²) < 4.78 is 10.2. The maximum Gasteiger partial charge on any atom is 0.425 e. The Hall–Kier alpha value is -3.28. The molecule has 0 aliphatic heterocycles. The molecule has 9 nitrogen and oxygen atoms in total. The number of carboxylic acid groups (broad SMARTS) is 1. The second-order valence-corrected chi connectivity index (χ2v) is 7.63. The Bertz CT molecular complexity index is 796. The van der Waals surface area contributed by atoms with Gasteiger partial charge in [0, 0.05) is 6.20 Å². The van der Waals surface area contributed by atoms with Gasteiger partial charge in [0.05, 0.1) is 12.1 Å². The average molecular weight is 391 g/mol. The highest BCUT2D eigenvalue weighted by Gasteiger charge is 2.31. The molecule has 0 saturated heterocycles. The first-order chi connectivity index (χ1) is 12.8. The number of anilines is 1. The van der Waals surface area contributed by atoms with Crippen molar-refractivity contribution in [3.63, 3.8) is 0 Å². The lowest BCUT2D eigenvalue weighted by atomic mass is 10.2. The lowest BCUT2D eigenvalue weighted by Gasteiger charge is -2.24. The Balaban J connectivity index is 2.99. The zero-order chi connectivity index (χ0) is 21.5. The number of pyridine rings is 1. The maximum atomic E-state index is 12.3. The number of carbonyl (C=O) groups excluding carboxylic acids is 2. The molecule has 1 heterocycles. The van der Waals surface area contributed by atoms with Gasteiger partial charge in [0.25, 0.3) is 0 Å². The van der Waals surface area contributed by atoms with Gasteiger partial charge in [0.1, 0.15) is 11.2 Å². The highest BCUT2D eigenvalue weighted by Crippen LogP contribution is 2.20. The van der Waals surface area contributed by atoms with E-state index in [1.54, 1.807) is 47.6 Å². The molecular formula is C19H25N3O6. The number of imide groups is 1. The van der Waals surface area contributed by atoms with Gasteiger partial charge in [0.15, 0.2) is 5.82 Å². The van der Waals surface area contributed by atoms with Crippen molar-refractivity contribution in [2.24, 2.45) is 0 Å². The second-order valence-electron chi connectivity index (χ2n) is 7.63. The van der Waals surface area contributed by atoms with Gasteiger partial charge in [-0.05, 0) is 53.7 Å². The minimum Gasteiger partial charge on any atom is -0.464 e. The summed E-state index contributed by atoms with van der Waals surface area (Å²) >= 11 is 0. The maximum absolute atomic E-state index is 12.3. The number of alkyl carbamates (subject to hydrolysis) is 1. The van der Waals surface area contributed by atoms with Gasteiger partial charge in [-0.1, -0.05) is 11.8 Å². The van der Waals surface area contributed by atoms with E-state index in [0.717, 1.165) is 0 Å². The summed E-state index contributed by atoms with van der Waals surface area (Å²) in [5.41, 5.74) is -1.34. The number of carbonyl (C=O) groups is 3. The molecule has 3 amide bonds. The predicted molar refractivity (Wildman–Crippen MR) is 102 cm³/mol. The van der Waals surface area contributed by atoms with Crippen LogP contribution in [0.1, 0.15) is 47.1 Å². The van der Waals surface area contributed by atoms with Gasteiger partial charge >= 0.3 is 18.3 Å². The van der Waals surface area contributed by atoms with Crippen molar-refractivity contribution in [1.29, 1.82) is 0 Å². The fourth-order valence-corrected chi connectivity index (χ4v) is 1.81. The van der Waals surface area contributed by atoms with E-state index in [1.165, 1.54) is 12.3 Å². The summed E-state index contributed by atoms with van der Waals surface area (Å²) in [7, 11) is 0. The van der Waals surface area contributed by atoms with Gasteiger partial charge in [-0.3, -0.25) is 0 Å². The second kappa shape index (κ2) is 9.08. The molecule has 9 heteroatoms. The van der Waals surface area contributed by atoms with Crippen molar-refractivity contribution in [2.75, 3.05) is 11.4 Å². The van der Waals surface area contributed by atoms with E-state index in [0.29, 0.717) is 4.90 Å². The number of ether oxygens (including phenoxy) is 2. The minimum atomic E-state index is -1.55. The van der Waals surface area contributed by atoms with Gasteiger partial charge in [-0.25, -0.2) is 19.4 Å². The van der Waals surface area contributed by atoms with Crippen molar-refractivity contribution in [3.8, 4) is 11.8 Å². The highest BCUT2D eigenvalue weighted by atomic mass is 16.6. The summed E-state index contributed by atoms with van der Waals surface area (Å²) in [5.74, 6) is 5.17. The number of nitrogens with one attached hydrogen (secondary N) is 1. The van der Waals surface area contributed by atoms with Gasteiger partial charge in [-0.2, -0.15) is 4.90 Å². The summed E-state index contributed by atoms with van der Waals surface area (Å²) in [5, 5.41) is 11.9. The van der Waals surface area contributed by atoms with Crippen LogP contribution in [0.4, 0.5) is 20.2 Å². The van der Waals surface area contributed by atoms with Crippen LogP contribution in [0.25, 0.3) is 0 Å². The number of hydrogen-bond donors (Lipinski definition) is 2. The summed E-state index contributed by atoms with van der Waals surface area (Å²) in [6.45, 7) is 10.0. The van der Waals surface area contributed by atoms with Gasteiger partial charge in [0.2, 0.25) is 0 Å². The van der Waals surface area contributed by atoms with Gasteiger partial charge < -0.3 is 19.9 Å². The van der Waals surface area contributed by atoms with E-state index in [9.17, 15) is 19.5 Å². The van der Waals surface area contributed by atoms with E-state index in [-0.39, 0.29) is 17.9 Å². The van der Waals surface area contributed by atoms with Crippen molar-refractivity contribution in [3.05, 3.63) is 23.9 Å². The number of nitrogens with zero attached hydrogens (tertiary/aromatic N) is 2. The predicted octanol–water partition coefficient (Wildman–Crippen LogP) is 3.38. The zero-order valence-corrected chi connectivity index (χ0v) is 16.8. The Morgan fingerprint density at radius 2 is 1.75 bits per heavy atom. The van der Waals surface area contributed by atoms with Crippen LogP contribution < -0.4 is 10.2 Å². The molecule has 152 valence electrons. The third kappa shape index (κ3) is 7.95. The van der Waals surface area contributed by atoms with Crippen molar-refractivity contribution >= 4 is 24.1 Å². The number of amides is 3. The molecule has 0 atom stereocenters. The molecule has 1 aromatic rings. The van der Waals surface area contributed by atoms with Crippen molar-refractivity contribution in [2.45, 2.75) is 52.7 Å². The Morgan fingerprint density at radius 1 is 1.14 bits per heavy atom. The molecule has 0 unspecified atom stereocenters. The molecule has 28 heavy (non-hydrogen) atoms. The van der Waals surface area contributed by atoms with Crippen LogP contribution in [0.15, 0.2) is 18.3 Å². The highest BCUT2D eigenvalue weighted by molar-refractivity contribution is 6.08. The minimum absolute atomic E-state index is 0.0389. The van der Waals surface area contributed by atoms with Crippen LogP contribution in [-0.4, -0.2) is 46.1 Å². The molecule has 1 rings (SSSR count). The first-order valence-corrected chi connectivity index (χ1v) is 8.47. The normalized spacial score (nSPS) is 10.9. The number of rotatable bonds is 2. The molecule has 0 aliphatic carbocycles. The number of aromatic nitrogens is 1. The fraction of sp³-hybridized carbons (Fsp3) is 0.474. The molecule has 1 aromatic heterocycles. The summed E-state index contributed by atoms with van der Waals surface area (Å²) in [4.78, 5) is 39.8. The third-order valence-corrected chi connectivity index (χ3v) is 2.71. The molecule has 0 saturated carbocycles. The monoisotopic (exact) mass is 391 g/mol. The average Bonchev–Trinajstić information content (AvgIpc) is 2.49. The summed E-state index contributed by atoms with van der Waals surface area (Å²) in [6, 6.07) is 3.05. The summed E-state index contributed by atoms with van der Waals surface area (Å²) in [6.07, 6.45) is -1.94. The molecular weight excluding hydrogens is 366 g/mol. The SMILES string of the molecule is CC(C)(C)OC(=O)NCC#Cc1cccnc1N(C(=O)O)C(=O)OC(C)(C)C. The molecule has 0 aliphatic rings. The van der Waals surface area contributed by atoms with Crippen LogP contribution in [0, 0.1) is 11.8 Å². The third-order valence-electron chi connectivity index (χ3n) is 2.71. The Labute approximate surface area is 164 Å². The molecule has 0 spiro atoms. The van der Waals surface area contributed by atoms with Gasteiger partial charge in [-0.15, -0.1) is 0 Å². The standard InChI is InChI=1S/C19H25N3O6/c1-18(2,3)27-15(23)21-12-8-10-13-9-7-11-20-14(13)22(16(24)25)17(26)28-19(4,5)6/h7,9,11H,12H2,1-6H3,(H,21,23)(H,24,25). The van der Waals surface area contributed by atoms with Crippen molar-refractivity contribution in [1.82, 2.24) is 10.3 Å². The van der Waals surface area contributed by atoms with Crippen LogP contribution in [0.3, 0.4) is 0 Å². The van der Waals surface area contributed by atoms with Crippen LogP contribution in [0.5, 0.6) is 0 Å². The quantitative estimate of drug-likeness (QED) is 0.742. The van der Waals surface area contributed by atoms with E-state index in [1.807, 2.05) is 0 Å².